The van der Waals surface area contributed by atoms with E-state index in [0.29, 0.717) is 34.4 Å². The molecule has 1 aliphatic heterocycles. The van der Waals surface area contributed by atoms with Gasteiger partial charge in [0.25, 0.3) is 0 Å². The van der Waals surface area contributed by atoms with E-state index < -0.39 is 9.84 Å². The van der Waals surface area contributed by atoms with Gasteiger partial charge in [0, 0.05) is 23.4 Å². The number of aromatic nitrogens is 2. The molecule has 0 bridgehead atoms. The minimum absolute atomic E-state index is 0.0358. The first-order valence-electron chi connectivity index (χ1n) is 11.2. The number of hydrogen-bond donors (Lipinski definition) is 1. The van der Waals surface area contributed by atoms with Crippen LogP contribution >= 0.6 is 0 Å². The first-order valence-corrected chi connectivity index (χ1v) is 12.7. The molecule has 0 amide bonds. The number of fused-ring (bicyclic) bond motifs is 2. The fourth-order valence-corrected chi connectivity index (χ4v) is 6.04. The first-order chi connectivity index (χ1) is 16.1. The lowest BCUT2D eigenvalue weighted by atomic mass is 10.1. The van der Waals surface area contributed by atoms with E-state index in [4.69, 9.17) is 9.47 Å². The fourth-order valence-electron chi connectivity index (χ4n) is 4.48. The van der Waals surface area contributed by atoms with Crippen molar-refractivity contribution in [1.29, 1.82) is 0 Å². The summed E-state index contributed by atoms with van der Waals surface area (Å²) in [5, 5.41) is 9.12. The van der Waals surface area contributed by atoms with Gasteiger partial charge in [-0.3, -0.25) is 10.00 Å². The Morgan fingerprint density at radius 1 is 1.00 bits per heavy atom. The van der Waals surface area contributed by atoms with Gasteiger partial charge in [-0.05, 0) is 43.5 Å². The molecule has 2 heterocycles. The van der Waals surface area contributed by atoms with Crippen LogP contribution in [0.3, 0.4) is 0 Å². The molecule has 1 N–H and O–H groups in total. The van der Waals surface area contributed by atoms with Gasteiger partial charge in [0.05, 0.1) is 12.0 Å². The van der Waals surface area contributed by atoms with Crippen LogP contribution < -0.4 is 9.47 Å². The van der Waals surface area contributed by atoms with Crippen molar-refractivity contribution in [3.8, 4) is 11.5 Å². The van der Waals surface area contributed by atoms with Gasteiger partial charge < -0.3 is 9.47 Å². The minimum Gasteiger partial charge on any atom is -0.497 e. The quantitative estimate of drug-likeness (QED) is 0.435. The van der Waals surface area contributed by atoms with Crippen LogP contribution in [0.5, 0.6) is 11.5 Å². The van der Waals surface area contributed by atoms with E-state index in [1.165, 1.54) is 19.3 Å². The lowest BCUT2D eigenvalue weighted by Crippen LogP contribution is -2.33. The second-order valence-electron chi connectivity index (χ2n) is 8.31. The number of H-pyrrole nitrogens is 1. The number of nitrogens with zero attached hydrogens (tertiary/aromatic N) is 2. The molecule has 1 saturated heterocycles. The molecule has 172 valence electrons. The van der Waals surface area contributed by atoms with E-state index in [1.54, 1.807) is 31.4 Å². The van der Waals surface area contributed by atoms with Gasteiger partial charge in [-0.25, -0.2) is 8.42 Å². The summed E-state index contributed by atoms with van der Waals surface area (Å²) in [5.41, 5.74) is 0.480. The summed E-state index contributed by atoms with van der Waals surface area (Å²) in [7, 11) is -2.31. The normalized spacial score (nSPS) is 15.2. The highest BCUT2D eigenvalue weighted by Crippen LogP contribution is 2.36. The third kappa shape index (κ3) is 4.16. The van der Waals surface area contributed by atoms with Gasteiger partial charge in [0.1, 0.15) is 17.9 Å². The molecule has 8 heteroatoms. The predicted octanol–water partition coefficient (Wildman–Crippen LogP) is 4.42. The van der Waals surface area contributed by atoms with Crippen LogP contribution in [0, 0.1) is 0 Å². The van der Waals surface area contributed by atoms with Crippen molar-refractivity contribution in [1.82, 2.24) is 15.1 Å². The standard InChI is InChI=1S/C25H27N3O4S/c1-31-19-16-21-24(22(17-19)32-15-14-28-12-5-2-6-13-28)26-27-25(21)33(29,30)23-11-7-9-18-8-3-4-10-20(18)23/h3-4,7-11,16-17H,2,5-6,12-15H2,1H3,(H,26,27). The molecule has 1 aromatic heterocycles. The number of piperidine rings is 1. The van der Waals surface area contributed by atoms with Gasteiger partial charge >= 0.3 is 0 Å². The Balaban J connectivity index is 1.52. The van der Waals surface area contributed by atoms with Gasteiger partial charge in [-0.2, -0.15) is 5.10 Å². The van der Waals surface area contributed by atoms with Crippen molar-refractivity contribution < 1.29 is 17.9 Å². The first kappa shape index (κ1) is 21.7. The SMILES string of the molecule is COc1cc(OCCN2CCCCC2)c2n[nH]c(S(=O)(=O)c3cccc4ccccc34)c2c1. The zero-order valence-corrected chi connectivity index (χ0v) is 19.4. The third-order valence-electron chi connectivity index (χ3n) is 6.22. The number of sulfone groups is 1. The number of rotatable bonds is 7. The summed E-state index contributed by atoms with van der Waals surface area (Å²) in [5.74, 6) is 1.03. The molecule has 0 saturated carbocycles. The zero-order valence-electron chi connectivity index (χ0n) is 18.6. The smallest absolute Gasteiger partial charge is 0.224 e. The van der Waals surface area contributed by atoms with Gasteiger partial charge in [-0.15, -0.1) is 0 Å². The summed E-state index contributed by atoms with van der Waals surface area (Å²) in [6, 6.07) is 16.2. The maximum absolute atomic E-state index is 13.7. The van der Waals surface area contributed by atoms with Crippen molar-refractivity contribution in [2.75, 3.05) is 33.4 Å². The molecular weight excluding hydrogens is 438 g/mol. The Hall–Kier alpha value is -3.10. The molecule has 5 rings (SSSR count). The van der Waals surface area contributed by atoms with Crippen LogP contribution in [0.25, 0.3) is 21.7 Å². The van der Waals surface area contributed by atoms with E-state index in [-0.39, 0.29) is 9.92 Å². The molecule has 3 aromatic carbocycles. The molecule has 0 aliphatic carbocycles. The van der Waals surface area contributed by atoms with E-state index >= 15 is 0 Å². The molecular formula is C25H27N3O4S. The van der Waals surface area contributed by atoms with Gasteiger partial charge in [0.2, 0.25) is 9.84 Å². The van der Waals surface area contributed by atoms with Crippen LogP contribution in [-0.4, -0.2) is 56.9 Å². The fraction of sp³-hybridized carbons (Fsp3) is 0.320. The van der Waals surface area contributed by atoms with Crippen molar-refractivity contribution in [2.24, 2.45) is 0 Å². The lowest BCUT2D eigenvalue weighted by Gasteiger charge is -2.26. The Bertz CT molecular complexity index is 1390. The highest BCUT2D eigenvalue weighted by molar-refractivity contribution is 7.91. The molecule has 33 heavy (non-hydrogen) atoms. The Kier molecular flexibility index (Phi) is 5.95. The summed E-state index contributed by atoms with van der Waals surface area (Å²) < 4.78 is 38.9. The summed E-state index contributed by atoms with van der Waals surface area (Å²) >= 11 is 0. The zero-order chi connectivity index (χ0) is 22.8. The van der Waals surface area contributed by atoms with E-state index in [9.17, 15) is 8.42 Å². The van der Waals surface area contributed by atoms with Crippen LogP contribution in [0.2, 0.25) is 0 Å². The Morgan fingerprint density at radius 3 is 2.61 bits per heavy atom. The number of aromatic amines is 1. The highest BCUT2D eigenvalue weighted by Gasteiger charge is 2.27. The van der Waals surface area contributed by atoms with Crippen LogP contribution in [-0.2, 0) is 9.84 Å². The third-order valence-corrected chi connectivity index (χ3v) is 8.00. The van der Waals surface area contributed by atoms with Crippen LogP contribution in [0.4, 0.5) is 0 Å². The molecule has 1 fully saturated rings. The number of methoxy groups -OCH3 is 1. The number of hydrogen-bond acceptors (Lipinski definition) is 6. The summed E-state index contributed by atoms with van der Waals surface area (Å²) in [4.78, 5) is 2.63. The van der Waals surface area contributed by atoms with Crippen molar-refractivity contribution in [3.05, 3.63) is 54.6 Å². The largest absolute Gasteiger partial charge is 0.497 e. The monoisotopic (exact) mass is 465 g/mol. The Morgan fingerprint density at radius 2 is 1.79 bits per heavy atom. The molecule has 0 radical (unpaired) electrons. The summed E-state index contributed by atoms with van der Waals surface area (Å²) in [6.45, 7) is 3.50. The minimum atomic E-state index is -3.87. The number of likely N-dealkylation sites (tertiary alicyclic amines) is 1. The molecule has 0 unspecified atom stereocenters. The predicted molar refractivity (Wildman–Crippen MR) is 128 cm³/mol. The van der Waals surface area contributed by atoms with Gasteiger partial charge in [-0.1, -0.05) is 42.8 Å². The molecule has 0 atom stereocenters. The average Bonchev–Trinajstić information content (AvgIpc) is 3.29. The number of benzene rings is 3. The van der Waals surface area contributed by atoms with E-state index in [0.717, 1.165) is 25.0 Å². The van der Waals surface area contributed by atoms with Crippen molar-refractivity contribution >= 4 is 31.5 Å². The summed E-state index contributed by atoms with van der Waals surface area (Å²) in [6.07, 6.45) is 3.73. The molecule has 1 aliphatic rings. The second kappa shape index (κ2) is 9.03. The lowest BCUT2D eigenvalue weighted by molar-refractivity contribution is 0.184. The Labute approximate surface area is 193 Å². The van der Waals surface area contributed by atoms with Crippen molar-refractivity contribution in [3.63, 3.8) is 0 Å². The van der Waals surface area contributed by atoms with E-state index in [1.807, 2.05) is 30.3 Å². The average molecular weight is 466 g/mol. The van der Waals surface area contributed by atoms with Crippen LogP contribution in [0.15, 0.2) is 64.5 Å². The maximum atomic E-state index is 13.7. The van der Waals surface area contributed by atoms with E-state index in [2.05, 4.69) is 15.1 Å². The van der Waals surface area contributed by atoms with Crippen molar-refractivity contribution in [2.45, 2.75) is 29.2 Å². The number of nitrogens with one attached hydrogen (secondary N) is 1. The van der Waals surface area contributed by atoms with Gasteiger partial charge in [0.15, 0.2) is 10.8 Å². The second-order valence-corrected chi connectivity index (χ2v) is 10.2. The topological polar surface area (TPSA) is 84.5 Å². The molecule has 7 nitrogen and oxygen atoms in total. The molecule has 4 aromatic rings. The highest BCUT2D eigenvalue weighted by atomic mass is 32.2. The molecule has 0 spiro atoms. The number of ether oxygens (including phenoxy) is 2. The van der Waals surface area contributed by atoms with Crippen LogP contribution in [0.1, 0.15) is 19.3 Å². The maximum Gasteiger partial charge on any atom is 0.224 e.